The third-order valence-corrected chi connectivity index (χ3v) is 4.35. The molecule has 0 bridgehead atoms. The minimum atomic E-state index is 0. The van der Waals surface area contributed by atoms with Crippen molar-refractivity contribution in [1.29, 1.82) is 0 Å². The highest BCUT2D eigenvalue weighted by atomic mass is 35.5. The maximum atomic E-state index is 12.6. The van der Waals surface area contributed by atoms with E-state index < -0.39 is 0 Å². The van der Waals surface area contributed by atoms with Gasteiger partial charge in [-0.3, -0.25) is 9.36 Å². The van der Waals surface area contributed by atoms with Gasteiger partial charge in [0.2, 0.25) is 0 Å². The number of imidazole rings is 1. The molecule has 0 radical (unpaired) electrons. The molecule has 3 aromatic rings. The fraction of sp³-hybridized carbons (Fsp3) is 0.278. The van der Waals surface area contributed by atoms with Crippen LogP contribution in [-0.4, -0.2) is 51.0 Å². The van der Waals surface area contributed by atoms with E-state index in [1.54, 1.807) is 12.5 Å². The van der Waals surface area contributed by atoms with E-state index in [-0.39, 0.29) is 18.3 Å². The minimum absolute atomic E-state index is 0. The Balaban J connectivity index is 0.00000182. The Morgan fingerprint density at radius 1 is 1.20 bits per heavy atom. The van der Waals surface area contributed by atoms with Crippen molar-refractivity contribution >= 4 is 29.3 Å². The van der Waals surface area contributed by atoms with Crippen LogP contribution in [0.2, 0.25) is 0 Å². The van der Waals surface area contributed by atoms with E-state index in [0.717, 1.165) is 36.5 Å². The standard InChI is InChI=1S/C18H19N5O.ClH/c1-13-11-22(9-8-19-13)18(24)14-6-7-17(20-10-14)23-12-21-15-4-2-3-5-16(15)23;/h2-7,10,12-13,19H,8-9,11H2,1H3;1H/t13-;/m1./s1. The third-order valence-electron chi connectivity index (χ3n) is 4.35. The fourth-order valence-electron chi connectivity index (χ4n) is 3.10. The summed E-state index contributed by atoms with van der Waals surface area (Å²) in [6.45, 7) is 4.38. The lowest BCUT2D eigenvalue weighted by Crippen LogP contribution is -2.51. The molecule has 0 saturated carbocycles. The van der Waals surface area contributed by atoms with Crippen molar-refractivity contribution in [3.63, 3.8) is 0 Å². The second kappa shape index (κ2) is 7.21. The first-order chi connectivity index (χ1) is 11.7. The zero-order valence-corrected chi connectivity index (χ0v) is 14.7. The van der Waals surface area contributed by atoms with Crippen molar-refractivity contribution in [2.24, 2.45) is 0 Å². The summed E-state index contributed by atoms with van der Waals surface area (Å²) < 4.78 is 1.93. The van der Waals surface area contributed by atoms with Crippen LogP contribution in [0.5, 0.6) is 0 Å². The van der Waals surface area contributed by atoms with E-state index in [4.69, 9.17) is 0 Å². The minimum Gasteiger partial charge on any atom is -0.336 e. The average Bonchev–Trinajstić information content (AvgIpc) is 3.05. The summed E-state index contributed by atoms with van der Waals surface area (Å²) in [5.41, 5.74) is 2.55. The molecule has 1 amide bonds. The van der Waals surface area contributed by atoms with Crippen LogP contribution < -0.4 is 5.32 Å². The van der Waals surface area contributed by atoms with E-state index in [9.17, 15) is 4.79 Å². The van der Waals surface area contributed by atoms with Gasteiger partial charge in [-0.15, -0.1) is 12.4 Å². The van der Waals surface area contributed by atoms with Gasteiger partial charge >= 0.3 is 0 Å². The van der Waals surface area contributed by atoms with Gasteiger partial charge in [0.1, 0.15) is 12.1 Å². The van der Waals surface area contributed by atoms with Crippen LogP contribution in [0, 0.1) is 0 Å². The number of hydrogen-bond donors (Lipinski definition) is 1. The molecular weight excluding hydrogens is 338 g/mol. The quantitative estimate of drug-likeness (QED) is 0.764. The van der Waals surface area contributed by atoms with E-state index in [0.29, 0.717) is 11.6 Å². The lowest BCUT2D eigenvalue weighted by molar-refractivity contribution is 0.0708. The SMILES string of the molecule is C[C@@H]1CN(C(=O)c2ccc(-n3cnc4ccccc43)nc2)CCN1.Cl. The van der Waals surface area contributed by atoms with E-state index in [2.05, 4.69) is 22.2 Å². The molecular formula is C18H20ClN5O. The Morgan fingerprint density at radius 2 is 2.04 bits per heavy atom. The molecule has 1 saturated heterocycles. The zero-order valence-electron chi connectivity index (χ0n) is 13.9. The van der Waals surface area contributed by atoms with Gasteiger partial charge in [-0.2, -0.15) is 0 Å². The Kier molecular flexibility index (Phi) is 5.01. The number of carbonyl (C=O) groups is 1. The number of piperazine rings is 1. The van der Waals surface area contributed by atoms with Crippen molar-refractivity contribution in [3.05, 3.63) is 54.5 Å². The molecule has 0 unspecified atom stereocenters. The topological polar surface area (TPSA) is 63.1 Å². The van der Waals surface area contributed by atoms with Crippen LogP contribution in [0.25, 0.3) is 16.9 Å². The maximum Gasteiger partial charge on any atom is 0.255 e. The van der Waals surface area contributed by atoms with Crippen molar-refractivity contribution in [1.82, 2.24) is 24.8 Å². The number of pyridine rings is 1. The van der Waals surface area contributed by atoms with Gasteiger partial charge < -0.3 is 10.2 Å². The van der Waals surface area contributed by atoms with Crippen LogP contribution in [0.3, 0.4) is 0 Å². The summed E-state index contributed by atoms with van der Waals surface area (Å²) in [6.07, 6.45) is 3.41. The first-order valence-corrected chi connectivity index (χ1v) is 8.13. The predicted octanol–water partition coefficient (Wildman–Crippen LogP) is 2.28. The van der Waals surface area contributed by atoms with Crippen LogP contribution in [0.4, 0.5) is 0 Å². The van der Waals surface area contributed by atoms with Gasteiger partial charge in [0.05, 0.1) is 16.6 Å². The van der Waals surface area contributed by atoms with E-state index in [1.165, 1.54) is 0 Å². The molecule has 1 fully saturated rings. The zero-order chi connectivity index (χ0) is 16.5. The number of halogens is 1. The van der Waals surface area contributed by atoms with Gasteiger partial charge in [-0.1, -0.05) is 12.1 Å². The normalized spacial score (nSPS) is 17.3. The number of nitrogens with zero attached hydrogens (tertiary/aromatic N) is 4. The highest BCUT2D eigenvalue weighted by Gasteiger charge is 2.21. The molecule has 25 heavy (non-hydrogen) atoms. The third kappa shape index (κ3) is 3.36. The van der Waals surface area contributed by atoms with Crippen molar-refractivity contribution in [2.45, 2.75) is 13.0 Å². The molecule has 6 nitrogen and oxygen atoms in total. The smallest absolute Gasteiger partial charge is 0.255 e. The summed E-state index contributed by atoms with van der Waals surface area (Å²) in [5, 5.41) is 3.34. The number of hydrogen-bond acceptors (Lipinski definition) is 4. The summed E-state index contributed by atoms with van der Waals surface area (Å²) in [5.74, 6) is 0.798. The van der Waals surface area contributed by atoms with Gasteiger partial charge in [0, 0.05) is 31.9 Å². The monoisotopic (exact) mass is 357 g/mol. The Bertz CT molecular complexity index is 877. The number of amides is 1. The average molecular weight is 358 g/mol. The van der Waals surface area contributed by atoms with Crippen LogP contribution in [-0.2, 0) is 0 Å². The summed E-state index contributed by atoms with van der Waals surface area (Å²) in [4.78, 5) is 23.3. The van der Waals surface area contributed by atoms with Crippen LogP contribution in [0.1, 0.15) is 17.3 Å². The number of aromatic nitrogens is 3. The first-order valence-electron chi connectivity index (χ1n) is 8.13. The Labute approximate surface area is 152 Å². The molecule has 0 spiro atoms. The molecule has 1 aromatic carbocycles. The second-order valence-corrected chi connectivity index (χ2v) is 6.11. The van der Waals surface area contributed by atoms with Gasteiger partial charge in [0.15, 0.2) is 0 Å². The molecule has 4 rings (SSSR count). The first kappa shape index (κ1) is 17.4. The molecule has 1 N–H and O–H groups in total. The Hall–Kier alpha value is -2.44. The predicted molar refractivity (Wildman–Crippen MR) is 99.5 cm³/mol. The number of fused-ring (bicyclic) bond motifs is 1. The highest BCUT2D eigenvalue weighted by Crippen LogP contribution is 2.17. The summed E-state index contributed by atoms with van der Waals surface area (Å²) >= 11 is 0. The summed E-state index contributed by atoms with van der Waals surface area (Å²) in [6, 6.07) is 11.9. The Morgan fingerprint density at radius 3 is 2.80 bits per heavy atom. The van der Waals surface area contributed by atoms with Gasteiger partial charge in [0.25, 0.3) is 5.91 Å². The second-order valence-electron chi connectivity index (χ2n) is 6.11. The van der Waals surface area contributed by atoms with Crippen molar-refractivity contribution in [3.8, 4) is 5.82 Å². The molecule has 130 valence electrons. The molecule has 3 heterocycles. The molecule has 1 atom stereocenters. The number of carbonyl (C=O) groups excluding carboxylic acids is 1. The van der Waals surface area contributed by atoms with Crippen LogP contribution in [0.15, 0.2) is 48.9 Å². The lowest BCUT2D eigenvalue weighted by atomic mass is 10.2. The molecule has 0 aliphatic carbocycles. The fourth-order valence-corrected chi connectivity index (χ4v) is 3.10. The van der Waals surface area contributed by atoms with Crippen LogP contribution >= 0.6 is 12.4 Å². The summed E-state index contributed by atoms with van der Waals surface area (Å²) in [7, 11) is 0. The molecule has 7 heteroatoms. The van der Waals surface area contributed by atoms with Crippen molar-refractivity contribution < 1.29 is 4.79 Å². The molecule has 1 aliphatic rings. The number of rotatable bonds is 2. The van der Waals surface area contributed by atoms with E-state index >= 15 is 0 Å². The largest absolute Gasteiger partial charge is 0.336 e. The van der Waals surface area contributed by atoms with Crippen molar-refractivity contribution in [2.75, 3.05) is 19.6 Å². The highest BCUT2D eigenvalue weighted by molar-refractivity contribution is 5.94. The molecule has 2 aromatic heterocycles. The molecule has 1 aliphatic heterocycles. The number of para-hydroxylation sites is 2. The number of benzene rings is 1. The van der Waals surface area contributed by atoms with Gasteiger partial charge in [-0.25, -0.2) is 9.97 Å². The number of nitrogens with one attached hydrogen (secondary N) is 1. The van der Waals surface area contributed by atoms with Gasteiger partial charge in [-0.05, 0) is 31.2 Å². The van der Waals surface area contributed by atoms with E-state index in [1.807, 2.05) is 45.9 Å². The lowest BCUT2D eigenvalue weighted by Gasteiger charge is -2.31. The maximum absolute atomic E-state index is 12.6.